The third-order valence-electron chi connectivity index (χ3n) is 4.47. The molecule has 0 saturated heterocycles. The van der Waals surface area contributed by atoms with E-state index in [0.717, 1.165) is 0 Å². The number of hydrogen-bond donors (Lipinski definition) is 2. The molecule has 0 radical (unpaired) electrons. The van der Waals surface area contributed by atoms with Gasteiger partial charge in [0.2, 0.25) is 0 Å². The van der Waals surface area contributed by atoms with Crippen LogP contribution >= 0.6 is 0 Å². The highest BCUT2D eigenvalue weighted by atomic mass is 32.2. The predicted molar refractivity (Wildman–Crippen MR) is 113 cm³/mol. The van der Waals surface area contributed by atoms with Gasteiger partial charge in [-0.1, -0.05) is 18.2 Å². The molecule has 30 heavy (non-hydrogen) atoms. The first-order valence-electron chi connectivity index (χ1n) is 9.01. The summed E-state index contributed by atoms with van der Waals surface area (Å²) in [7, 11) is -1.13. The molecule has 0 saturated carbocycles. The molecule has 4 rings (SSSR count). The van der Waals surface area contributed by atoms with Crippen LogP contribution in [0, 0.1) is 0 Å². The number of carbonyl (C=O) groups is 2. The Morgan fingerprint density at radius 1 is 0.933 bits per heavy atom. The Morgan fingerprint density at radius 3 is 2.37 bits per heavy atom. The highest BCUT2D eigenvalue weighted by molar-refractivity contribution is 7.84. The molecule has 0 fully saturated rings. The minimum absolute atomic E-state index is 0.334. The van der Waals surface area contributed by atoms with E-state index in [-0.39, 0.29) is 0 Å². The summed E-state index contributed by atoms with van der Waals surface area (Å²) in [4.78, 5) is 30.3. The zero-order valence-corrected chi connectivity index (χ0v) is 16.7. The Labute approximate surface area is 174 Å². The van der Waals surface area contributed by atoms with Gasteiger partial charge in [-0.2, -0.15) is 0 Å². The average Bonchev–Trinajstić information content (AvgIpc) is 3.31. The Bertz CT molecular complexity index is 1250. The maximum Gasteiger partial charge on any atom is 0.270 e. The molecule has 0 bridgehead atoms. The van der Waals surface area contributed by atoms with Crippen molar-refractivity contribution in [2.75, 3.05) is 6.26 Å². The van der Waals surface area contributed by atoms with Crippen LogP contribution in [0.15, 0.2) is 82.3 Å². The summed E-state index contributed by atoms with van der Waals surface area (Å²) in [6.07, 6.45) is 3.09. The molecule has 2 N–H and O–H groups in total. The summed E-state index contributed by atoms with van der Waals surface area (Å²) >= 11 is 0. The minimum atomic E-state index is -1.13. The topological polar surface area (TPSA) is 101 Å². The Balaban J connectivity index is 1.57. The van der Waals surface area contributed by atoms with Crippen LogP contribution in [0.4, 0.5) is 0 Å². The number of carbonyl (C=O) groups excluding carboxylic acids is 2. The van der Waals surface area contributed by atoms with Gasteiger partial charge in [-0.25, -0.2) is 4.98 Å². The number of hydrazine groups is 1. The van der Waals surface area contributed by atoms with Gasteiger partial charge in [-0.3, -0.25) is 24.6 Å². The number of nitrogens with zero attached hydrogens (tertiary/aromatic N) is 1. The van der Waals surface area contributed by atoms with E-state index >= 15 is 0 Å². The molecule has 2 aromatic carbocycles. The van der Waals surface area contributed by atoms with Gasteiger partial charge in [-0.05, 0) is 48.5 Å². The van der Waals surface area contributed by atoms with Crippen molar-refractivity contribution in [1.82, 2.24) is 15.8 Å². The van der Waals surface area contributed by atoms with E-state index in [1.807, 2.05) is 12.1 Å². The zero-order chi connectivity index (χ0) is 21.1. The Hall–Kier alpha value is -3.78. The van der Waals surface area contributed by atoms with Crippen molar-refractivity contribution in [2.45, 2.75) is 4.90 Å². The lowest BCUT2D eigenvalue weighted by Crippen LogP contribution is -2.41. The molecule has 0 spiro atoms. The SMILES string of the molecule is CS(=O)c1ccc(C(=O)NNC(=O)c2cc(-c3ccco3)nc3ccccc23)cc1. The third kappa shape index (κ3) is 3.99. The van der Waals surface area contributed by atoms with Crippen LogP contribution in [-0.2, 0) is 10.8 Å². The van der Waals surface area contributed by atoms with Crippen LogP contribution in [0.3, 0.4) is 0 Å². The molecule has 150 valence electrons. The van der Waals surface area contributed by atoms with Crippen LogP contribution in [-0.4, -0.2) is 27.3 Å². The number of para-hydroxylation sites is 1. The van der Waals surface area contributed by atoms with E-state index in [2.05, 4.69) is 15.8 Å². The van der Waals surface area contributed by atoms with Gasteiger partial charge in [0.1, 0.15) is 5.69 Å². The minimum Gasteiger partial charge on any atom is -0.463 e. The molecule has 0 aliphatic heterocycles. The molecule has 1 unspecified atom stereocenters. The van der Waals surface area contributed by atoms with Gasteiger partial charge in [0.25, 0.3) is 11.8 Å². The number of benzene rings is 2. The van der Waals surface area contributed by atoms with Crippen molar-refractivity contribution in [3.05, 3.63) is 84.1 Å². The van der Waals surface area contributed by atoms with Crippen LogP contribution < -0.4 is 10.9 Å². The molecule has 0 aliphatic rings. The Kier molecular flexibility index (Phi) is 5.40. The second kappa shape index (κ2) is 8.30. The Morgan fingerprint density at radius 2 is 1.67 bits per heavy atom. The summed E-state index contributed by atoms with van der Waals surface area (Å²) in [6, 6.07) is 18.7. The maximum absolute atomic E-state index is 12.8. The number of rotatable bonds is 4. The number of pyridine rings is 1. The van der Waals surface area contributed by atoms with Crippen LogP contribution in [0.1, 0.15) is 20.7 Å². The second-order valence-corrected chi connectivity index (χ2v) is 7.82. The van der Waals surface area contributed by atoms with Gasteiger partial charge in [0.15, 0.2) is 5.76 Å². The van der Waals surface area contributed by atoms with Crippen LogP contribution in [0.5, 0.6) is 0 Å². The van der Waals surface area contributed by atoms with E-state index in [4.69, 9.17) is 4.42 Å². The first-order chi connectivity index (χ1) is 14.5. The van der Waals surface area contributed by atoms with E-state index in [1.54, 1.807) is 60.9 Å². The predicted octanol–water partition coefficient (Wildman–Crippen LogP) is 3.31. The van der Waals surface area contributed by atoms with Crippen molar-refractivity contribution in [2.24, 2.45) is 0 Å². The fourth-order valence-corrected chi connectivity index (χ4v) is 3.48. The zero-order valence-electron chi connectivity index (χ0n) is 15.9. The number of fused-ring (bicyclic) bond motifs is 1. The summed E-state index contributed by atoms with van der Waals surface area (Å²) in [5.74, 6) is -0.435. The summed E-state index contributed by atoms with van der Waals surface area (Å²) in [5.41, 5.74) is 6.68. The number of furan rings is 1. The molecule has 2 heterocycles. The van der Waals surface area contributed by atoms with Crippen molar-refractivity contribution in [1.29, 1.82) is 0 Å². The lowest BCUT2D eigenvalue weighted by Gasteiger charge is -2.11. The van der Waals surface area contributed by atoms with Gasteiger partial charge in [-0.15, -0.1) is 0 Å². The molecule has 8 heteroatoms. The number of nitrogens with one attached hydrogen (secondary N) is 2. The maximum atomic E-state index is 12.8. The van der Waals surface area contributed by atoms with E-state index < -0.39 is 22.6 Å². The smallest absolute Gasteiger partial charge is 0.270 e. The summed E-state index contributed by atoms with van der Waals surface area (Å²) in [6.45, 7) is 0. The normalized spacial score (nSPS) is 11.8. The van der Waals surface area contributed by atoms with E-state index in [0.29, 0.717) is 38.4 Å². The van der Waals surface area contributed by atoms with Gasteiger partial charge in [0.05, 0.1) is 17.3 Å². The van der Waals surface area contributed by atoms with Gasteiger partial charge < -0.3 is 4.42 Å². The van der Waals surface area contributed by atoms with Crippen LogP contribution in [0.25, 0.3) is 22.4 Å². The first kappa shape index (κ1) is 19.5. The fourth-order valence-electron chi connectivity index (χ4n) is 2.96. The van der Waals surface area contributed by atoms with E-state index in [1.165, 1.54) is 6.26 Å². The van der Waals surface area contributed by atoms with Crippen molar-refractivity contribution < 1.29 is 18.2 Å². The van der Waals surface area contributed by atoms with Crippen molar-refractivity contribution in [3.8, 4) is 11.5 Å². The quantitative estimate of drug-likeness (QED) is 0.494. The number of amides is 2. The molecule has 4 aromatic rings. The van der Waals surface area contributed by atoms with Crippen molar-refractivity contribution in [3.63, 3.8) is 0 Å². The lowest BCUT2D eigenvalue weighted by molar-refractivity contribution is 0.0847. The third-order valence-corrected chi connectivity index (χ3v) is 5.41. The summed E-state index contributed by atoms with van der Waals surface area (Å²) < 4.78 is 16.9. The summed E-state index contributed by atoms with van der Waals surface area (Å²) in [5, 5.41) is 0.648. The largest absolute Gasteiger partial charge is 0.463 e. The van der Waals surface area contributed by atoms with E-state index in [9.17, 15) is 13.8 Å². The second-order valence-electron chi connectivity index (χ2n) is 6.44. The molecular weight excluding hydrogens is 402 g/mol. The van der Waals surface area contributed by atoms with Crippen LogP contribution in [0.2, 0.25) is 0 Å². The monoisotopic (exact) mass is 419 g/mol. The number of hydrogen-bond acceptors (Lipinski definition) is 5. The molecule has 2 amide bonds. The fraction of sp³-hybridized carbons (Fsp3) is 0.0455. The van der Waals surface area contributed by atoms with Gasteiger partial charge >= 0.3 is 0 Å². The first-order valence-corrected chi connectivity index (χ1v) is 10.6. The lowest BCUT2D eigenvalue weighted by atomic mass is 10.1. The standard InChI is InChI=1S/C22H17N3O4S/c1-30(28)15-10-8-14(9-11-15)21(26)24-25-22(27)17-13-19(20-7-4-12-29-20)23-18-6-3-2-5-16(17)18/h2-13H,1H3,(H,24,26)(H,25,27). The molecule has 0 aliphatic carbocycles. The molecule has 7 nitrogen and oxygen atoms in total. The van der Waals surface area contributed by atoms with Crippen molar-refractivity contribution >= 4 is 33.5 Å². The molecule has 2 aromatic heterocycles. The molecule has 1 atom stereocenters. The number of aromatic nitrogens is 1. The highest BCUT2D eigenvalue weighted by Gasteiger charge is 2.16. The van der Waals surface area contributed by atoms with Gasteiger partial charge in [0, 0.05) is 32.9 Å². The highest BCUT2D eigenvalue weighted by Crippen LogP contribution is 2.25. The molecular formula is C22H17N3O4S. The average molecular weight is 419 g/mol.